The van der Waals surface area contributed by atoms with Gasteiger partial charge in [-0.1, -0.05) is 25.1 Å². The molecule has 5 nitrogen and oxygen atoms in total. The Kier molecular flexibility index (Phi) is 5.59. The van der Waals surface area contributed by atoms with E-state index < -0.39 is 5.54 Å². The molecule has 1 fully saturated rings. The summed E-state index contributed by atoms with van der Waals surface area (Å²) in [5.41, 5.74) is 4.87. The zero-order chi connectivity index (χ0) is 15.1. The molecule has 1 aromatic carbocycles. The van der Waals surface area contributed by atoms with E-state index in [0.29, 0.717) is 32.3 Å². The summed E-state index contributed by atoms with van der Waals surface area (Å²) < 4.78 is 11.2. The molecule has 1 atom stereocenters. The van der Waals surface area contributed by atoms with Crippen LogP contribution in [0.4, 0.5) is 0 Å². The molecule has 0 spiro atoms. The van der Waals surface area contributed by atoms with Crippen molar-refractivity contribution < 1.29 is 14.3 Å². The Hall–Kier alpha value is -1.59. The number of ether oxygens (including phenoxy) is 2. The molecular weight excluding hydrogens is 268 g/mol. The Morgan fingerprint density at radius 3 is 2.62 bits per heavy atom. The SMILES string of the molecule is CCNC(COCCOc1ccccc1)(C(N)=O)C1CC1. The van der Waals surface area contributed by atoms with Gasteiger partial charge < -0.3 is 20.5 Å². The fourth-order valence-electron chi connectivity index (χ4n) is 2.53. The number of nitrogens with one attached hydrogen (secondary N) is 1. The number of hydrogen-bond acceptors (Lipinski definition) is 4. The topological polar surface area (TPSA) is 73.6 Å². The van der Waals surface area contributed by atoms with E-state index in [1.165, 1.54) is 0 Å². The quantitative estimate of drug-likeness (QED) is 0.638. The maximum absolute atomic E-state index is 11.8. The predicted octanol–water partition coefficient (Wildman–Crippen LogP) is 1.33. The molecule has 116 valence electrons. The van der Waals surface area contributed by atoms with Gasteiger partial charge in [0.15, 0.2) is 0 Å². The van der Waals surface area contributed by atoms with E-state index in [1.54, 1.807) is 0 Å². The van der Waals surface area contributed by atoms with Crippen molar-refractivity contribution in [2.75, 3.05) is 26.4 Å². The first-order chi connectivity index (χ1) is 10.2. The molecule has 1 aromatic rings. The molecule has 1 amide bonds. The second kappa shape index (κ2) is 7.43. The normalized spacial score (nSPS) is 17.2. The standard InChI is InChI=1S/C16H24N2O3/c1-2-18-16(15(17)19,13-8-9-13)12-20-10-11-21-14-6-4-3-5-7-14/h3-7,13,18H,2,8-12H2,1H3,(H2,17,19). The average molecular weight is 292 g/mol. The van der Waals surface area contributed by atoms with Crippen molar-refractivity contribution in [2.45, 2.75) is 25.3 Å². The number of likely N-dealkylation sites (N-methyl/N-ethyl adjacent to an activating group) is 1. The summed E-state index contributed by atoms with van der Waals surface area (Å²) in [4.78, 5) is 11.8. The maximum atomic E-state index is 11.8. The number of carbonyl (C=O) groups excluding carboxylic acids is 1. The Morgan fingerprint density at radius 2 is 2.05 bits per heavy atom. The van der Waals surface area contributed by atoms with E-state index in [9.17, 15) is 4.79 Å². The van der Waals surface area contributed by atoms with Crippen LogP contribution in [0.25, 0.3) is 0 Å². The molecule has 21 heavy (non-hydrogen) atoms. The van der Waals surface area contributed by atoms with Gasteiger partial charge in [0.2, 0.25) is 5.91 Å². The van der Waals surface area contributed by atoms with E-state index in [2.05, 4.69) is 5.32 Å². The van der Waals surface area contributed by atoms with Crippen LogP contribution in [-0.4, -0.2) is 37.8 Å². The molecule has 3 N–H and O–H groups in total. The van der Waals surface area contributed by atoms with Crippen LogP contribution in [0.1, 0.15) is 19.8 Å². The molecule has 1 unspecified atom stereocenters. The molecule has 0 bridgehead atoms. The van der Waals surface area contributed by atoms with Gasteiger partial charge in [0.25, 0.3) is 0 Å². The molecule has 5 heteroatoms. The van der Waals surface area contributed by atoms with Crippen molar-refractivity contribution in [1.82, 2.24) is 5.32 Å². The molecule has 0 heterocycles. The largest absolute Gasteiger partial charge is 0.491 e. The molecular formula is C16H24N2O3. The highest BCUT2D eigenvalue weighted by atomic mass is 16.5. The third kappa shape index (κ3) is 4.19. The summed E-state index contributed by atoms with van der Waals surface area (Å²) in [6.07, 6.45) is 2.06. The summed E-state index contributed by atoms with van der Waals surface area (Å²) >= 11 is 0. The Labute approximate surface area is 125 Å². The minimum atomic E-state index is -0.721. The minimum Gasteiger partial charge on any atom is -0.491 e. The molecule has 0 saturated heterocycles. The third-order valence-electron chi connectivity index (χ3n) is 3.78. The van der Waals surface area contributed by atoms with Gasteiger partial charge in [-0.25, -0.2) is 0 Å². The molecule has 1 aliphatic rings. The second-order valence-electron chi connectivity index (χ2n) is 5.35. The Balaban J connectivity index is 1.76. The minimum absolute atomic E-state index is 0.296. The smallest absolute Gasteiger partial charge is 0.240 e. The summed E-state index contributed by atoms with van der Waals surface area (Å²) in [7, 11) is 0. The van der Waals surface area contributed by atoms with E-state index >= 15 is 0 Å². The summed E-state index contributed by atoms with van der Waals surface area (Å²) in [6.45, 7) is 3.86. The van der Waals surface area contributed by atoms with E-state index in [-0.39, 0.29) is 5.91 Å². The monoisotopic (exact) mass is 292 g/mol. The average Bonchev–Trinajstić information content (AvgIpc) is 3.31. The first-order valence-electron chi connectivity index (χ1n) is 7.49. The number of nitrogens with two attached hydrogens (primary N) is 1. The molecule has 1 aliphatic carbocycles. The highest BCUT2D eigenvalue weighted by molar-refractivity contribution is 5.85. The Bertz CT molecular complexity index is 448. The highest BCUT2D eigenvalue weighted by Crippen LogP contribution is 2.39. The molecule has 1 saturated carbocycles. The fraction of sp³-hybridized carbons (Fsp3) is 0.562. The van der Waals surface area contributed by atoms with Crippen molar-refractivity contribution >= 4 is 5.91 Å². The van der Waals surface area contributed by atoms with Gasteiger partial charge in [-0.05, 0) is 37.4 Å². The van der Waals surface area contributed by atoms with Crippen molar-refractivity contribution in [2.24, 2.45) is 11.7 Å². The van der Waals surface area contributed by atoms with Gasteiger partial charge in [-0.15, -0.1) is 0 Å². The zero-order valence-corrected chi connectivity index (χ0v) is 12.5. The fourth-order valence-corrected chi connectivity index (χ4v) is 2.53. The number of benzene rings is 1. The lowest BCUT2D eigenvalue weighted by Gasteiger charge is -2.31. The molecule has 0 radical (unpaired) electrons. The van der Waals surface area contributed by atoms with Crippen LogP contribution < -0.4 is 15.8 Å². The van der Waals surface area contributed by atoms with Crippen LogP contribution >= 0.6 is 0 Å². The van der Waals surface area contributed by atoms with Crippen LogP contribution in [0, 0.1) is 5.92 Å². The van der Waals surface area contributed by atoms with Gasteiger partial charge in [0.05, 0.1) is 13.2 Å². The Morgan fingerprint density at radius 1 is 1.33 bits per heavy atom. The maximum Gasteiger partial charge on any atom is 0.240 e. The van der Waals surface area contributed by atoms with Gasteiger partial charge in [0.1, 0.15) is 17.9 Å². The number of para-hydroxylation sites is 1. The number of rotatable bonds is 10. The van der Waals surface area contributed by atoms with Crippen LogP contribution in [0.15, 0.2) is 30.3 Å². The van der Waals surface area contributed by atoms with E-state index in [1.807, 2.05) is 37.3 Å². The van der Waals surface area contributed by atoms with E-state index in [0.717, 1.165) is 18.6 Å². The third-order valence-corrected chi connectivity index (χ3v) is 3.78. The van der Waals surface area contributed by atoms with E-state index in [4.69, 9.17) is 15.2 Å². The number of carbonyl (C=O) groups is 1. The number of amides is 1. The molecule has 2 rings (SSSR count). The van der Waals surface area contributed by atoms with Crippen molar-refractivity contribution in [1.29, 1.82) is 0 Å². The molecule has 0 aromatic heterocycles. The van der Waals surface area contributed by atoms with Crippen LogP contribution in [-0.2, 0) is 9.53 Å². The van der Waals surface area contributed by atoms with Crippen molar-refractivity contribution in [3.8, 4) is 5.75 Å². The predicted molar refractivity (Wildman–Crippen MR) is 81.1 cm³/mol. The van der Waals surface area contributed by atoms with Crippen LogP contribution in [0.2, 0.25) is 0 Å². The molecule has 0 aliphatic heterocycles. The lowest BCUT2D eigenvalue weighted by molar-refractivity contribution is -0.128. The first-order valence-corrected chi connectivity index (χ1v) is 7.49. The zero-order valence-electron chi connectivity index (χ0n) is 12.5. The van der Waals surface area contributed by atoms with Crippen molar-refractivity contribution in [3.05, 3.63) is 30.3 Å². The van der Waals surface area contributed by atoms with Gasteiger partial charge in [-0.2, -0.15) is 0 Å². The van der Waals surface area contributed by atoms with Gasteiger partial charge >= 0.3 is 0 Å². The number of primary amides is 1. The van der Waals surface area contributed by atoms with Crippen LogP contribution in [0.3, 0.4) is 0 Å². The summed E-state index contributed by atoms with van der Waals surface area (Å²) in [6, 6.07) is 9.59. The summed E-state index contributed by atoms with van der Waals surface area (Å²) in [5.74, 6) is 0.789. The van der Waals surface area contributed by atoms with Crippen LogP contribution in [0.5, 0.6) is 5.75 Å². The second-order valence-corrected chi connectivity index (χ2v) is 5.35. The van der Waals surface area contributed by atoms with Gasteiger partial charge in [0, 0.05) is 0 Å². The summed E-state index contributed by atoms with van der Waals surface area (Å²) in [5, 5.41) is 3.23. The lowest BCUT2D eigenvalue weighted by atomic mass is 9.93. The lowest BCUT2D eigenvalue weighted by Crippen LogP contribution is -2.60. The van der Waals surface area contributed by atoms with Crippen molar-refractivity contribution in [3.63, 3.8) is 0 Å². The first kappa shape index (κ1) is 15.8. The highest BCUT2D eigenvalue weighted by Gasteiger charge is 2.49. The van der Waals surface area contributed by atoms with Gasteiger partial charge in [-0.3, -0.25) is 4.79 Å². The number of hydrogen-bond donors (Lipinski definition) is 2.